The summed E-state index contributed by atoms with van der Waals surface area (Å²) in [7, 11) is 0. The van der Waals surface area contributed by atoms with E-state index in [1.165, 1.54) is 18.2 Å². The Kier molecular flexibility index (Phi) is 3.85. The zero-order valence-electron chi connectivity index (χ0n) is 8.75. The van der Waals surface area contributed by atoms with Gasteiger partial charge in [0.05, 0.1) is 21.3 Å². The smallest absolute Gasteiger partial charge is 0.169 e. The Labute approximate surface area is 117 Å². The number of aromatic nitrogens is 1. The molecule has 0 atom stereocenters. The van der Waals surface area contributed by atoms with Crippen LogP contribution in [-0.2, 0) is 0 Å². The lowest BCUT2D eigenvalue weighted by Gasteiger charge is -2.07. The Morgan fingerprint density at radius 2 is 1.72 bits per heavy atom. The Bertz CT molecular complexity index is 608. The van der Waals surface area contributed by atoms with Gasteiger partial charge >= 0.3 is 0 Å². The van der Waals surface area contributed by atoms with Crippen molar-refractivity contribution in [2.75, 3.05) is 0 Å². The number of hydrogen-bond donors (Lipinski definition) is 0. The van der Waals surface area contributed by atoms with Crippen LogP contribution in [0.4, 0.5) is 4.39 Å². The van der Waals surface area contributed by atoms with Crippen molar-refractivity contribution in [1.29, 1.82) is 0 Å². The van der Waals surface area contributed by atoms with Crippen molar-refractivity contribution < 1.29 is 9.18 Å². The molecule has 2 nitrogen and oxygen atoms in total. The Balaban J connectivity index is 2.68. The normalized spacial score (nSPS) is 10.4. The van der Waals surface area contributed by atoms with E-state index in [-0.39, 0.29) is 20.8 Å². The third-order valence-electron chi connectivity index (χ3n) is 2.29. The van der Waals surface area contributed by atoms with E-state index in [1.54, 1.807) is 0 Å². The number of nitrogens with zero attached hydrogens (tertiary/aromatic N) is 1. The summed E-state index contributed by atoms with van der Waals surface area (Å²) in [5, 5.41) is 0.652. The fourth-order valence-corrected chi connectivity index (χ4v) is 2.08. The molecule has 0 radical (unpaired) electrons. The fourth-order valence-electron chi connectivity index (χ4n) is 1.49. The molecule has 0 fully saturated rings. The Morgan fingerprint density at radius 3 is 2.28 bits per heavy atom. The van der Waals surface area contributed by atoms with E-state index in [0.29, 0.717) is 17.4 Å². The van der Waals surface area contributed by atoms with Crippen molar-refractivity contribution in [3.8, 4) is 11.1 Å². The molecular formula is C12H5Cl3FNO. The quantitative estimate of drug-likeness (QED) is 0.596. The minimum atomic E-state index is -0.558. The summed E-state index contributed by atoms with van der Waals surface area (Å²) in [6.45, 7) is 0. The number of benzene rings is 1. The van der Waals surface area contributed by atoms with Crippen LogP contribution in [0.5, 0.6) is 0 Å². The van der Waals surface area contributed by atoms with Crippen molar-refractivity contribution in [3.05, 3.63) is 51.0 Å². The van der Waals surface area contributed by atoms with Gasteiger partial charge in [-0.3, -0.25) is 4.79 Å². The molecule has 2 aromatic rings. The third-order valence-corrected chi connectivity index (χ3v) is 3.49. The van der Waals surface area contributed by atoms with E-state index in [0.717, 1.165) is 6.20 Å². The molecule has 1 aromatic carbocycles. The largest absolute Gasteiger partial charge is 0.296 e. The third kappa shape index (κ3) is 2.48. The van der Waals surface area contributed by atoms with E-state index in [4.69, 9.17) is 34.8 Å². The highest BCUT2D eigenvalue weighted by Crippen LogP contribution is 2.35. The molecule has 0 aliphatic rings. The van der Waals surface area contributed by atoms with Crippen LogP contribution in [0, 0.1) is 5.82 Å². The fraction of sp³-hybridized carbons (Fsp3) is 0. The minimum absolute atomic E-state index is 0.103. The molecule has 0 aliphatic carbocycles. The summed E-state index contributed by atoms with van der Waals surface area (Å²) in [4.78, 5) is 14.6. The van der Waals surface area contributed by atoms with Crippen molar-refractivity contribution in [1.82, 2.24) is 4.98 Å². The first kappa shape index (κ1) is 13.3. The standard InChI is InChI=1S/C12H5Cl3FNO/c13-9-1-6(2-10(14)12(9)15)8-3-7(16)4-17-11(8)5-18/h1-5H. The summed E-state index contributed by atoms with van der Waals surface area (Å²) in [5.41, 5.74) is 0.889. The first-order chi connectivity index (χ1) is 8.52. The minimum Gasteiger partial charge on any atom is -0.296 e. The van der Waals surface area contributed by atoms with Crippen LogP contribution in [0.2, 0.25) is 15.1 Å². The highest BCUT2D eigenvalue weighted by molar-refractivity contribution is 6.48. The highest BCUT2D eigenvalue weighted by Gasteiger charge is 2.12. The van der Waals surface area contributed by atoms with Crippen molar-refractivity contribution in [2.24, 2.45) is 0 Å². The lowest BCUT2D eigenvalue weighted by Crippen LogP contribution is -1.94. The van der Waals surface area contributed by atoms with Gasteiger partial charge < -0.3 is 0 Å². The van der Waals surface area contributed by atoms with Crippen molar-refractivity contribution in [3.63, 3.8) is 0 Å². The predicted molar refractivity (Wildman–Crippen MR) is 70.0 cm³/mol. The summed E-state index contributed by atoms with van der Waals surface area (Å²) in [6, 6.07) is 4.19. The Hall–Kier alpha value is -1.16. The average molecular weight is 305 g/mol. The number of rotatable bonds is 2. The van der Waals surface area contributed by atoms with Gasteiger partial charge in [0.2, 0.25) is 0 Å². The molecule has 6 heteroatoms. The molecule has 18 heavy (non-hydrogen) atoms. The molecule has 0 saturated carbocycles. The first-order valence-corrected chi connectivity index (χ1v) is 5.92. The van der Waals surface area contributed by atoms with Crippen molar-refractivity contribution >= 4 is 41.1 Å². The molecule has 92 valence electrons. The molecule has 0 bridgehead atoms. The molecule has 0 N–H and O–H groups in total. The summed E-state index contributed by atoms with van der Waals surface area (Å²) in [5.74, 6) is -0.558. The van der Waals surface area contributed by atoms with Gasteiger partial charge in [0.1, 0.15) is 11.5 Å². The summed E-state index contributed by atoms with van der Waals surface area (Å²) in [6.07, 6.45) is 1.50. The van der Waals surface area contributed by atoms with Gasteiger partial charge in [0.15, 0.2) is 6.29 Å². The van der Waals surface area contributed by atoms with Gasteiger partial charge in [-0.1, -0.05) is 34.8 Å². The second-order valence-corrected chi connectivity index (χ2v) is 4.65. The SMILES string of the molecule is O=Cc1ncc(F)cc1-c1cc(Cl)c(Cl)c(Cl)c1. The van der Waals surface area contributed by atoms with Crippen molar-refractivity contribution in [2.45, 2.75) is 0 Å². The first-order valence-electron chi connectivity index (χ1n) is 4.78. The van der Waals surface area contributed by atoms with Crippen LogP contribution in [0.25, 0.3) is 11.1 Å². The van der Waals surface area contributed by atoms with Gasteiger partial charge in [-0.05, 0) is 23.8 Å². The predicted octanol–water partition coefficient (Wildman–Crippen LogP) is 4.66. The van der Waals surface area contributed by atoms with Crippen LogP contribution in [0.3, 0.4) is 0 Å². The van der Waals surface area contributed by atoms with Gasteiger partial charge in [0, 0.05) is 5.56 Å². The van der Waals surface area contributed by atoms with Gasteiger partial charge in [-0.15, -0.1) is 0 Å². The van der Waals surface area contributed by atoms with Gasteiger partial charge in [-0.25, -0.2) is 9.37 Å². The Morgan fingerprint density at radius 1 is 1.11 bits per heavy atom. The maximum Gasteiger partial charge on any atom is 0.169 e. The molecular weight excluding hydrogens is 299 g/mol. The second-order valence-electron chi connectivity index (χ2n) is 3.46. The molecule has 1 aromatic heterocycles. The van der Waals surface area contributed by atoms with E-state index < -0.39 is 5.82 Å². The number of pyridine rings is 1. The topological polar surface area (TPSA) is 30.0 Å². The molecule has 0 amide bonds. The van der Waals surface area contributed by atoms with E-state index >= 15 is 0 Å². The lowest BCUT2D eigenvalue weighted by atomic mass is 10.0. The maximum atomic E-state index is 13.2. The van der Waals surface area contributed by atoms with Crippen LogP contribution in [0.15, 0.2) is 24.4 Å². The summed E-state index contributed by atoms with van der Waals surface area (Å²) >= 11 is 17.6. The van der Waals surface area contributed by atoms with Gasteiger partial charge in [0.25, 0.3) is 0 Å². The summed E-state index contributed by atoms with van der Waals surface area (Å²) < 4.78 is 13.2. The number of aldehydes is 1. The van der Waals surface area contributed by atoms with Crippen LogP contribution in [0.1, 0.15) is 10.5 Å². The van der Waals surface area contributed by atoms with Crippen LogP contribution in [-0.4, -0.2) is 11.3 Å². The second kappa shape index (κ2) is 5.22. The lowest BCUT2D eigenvalue weighted by molar-refractivity contribution is 0.111. The molecule has 2 rings (SSSR count). The monoisotopic (exact) mass is 303 g/mol. The number of hydrogen-bond acceptors (Lipinski definition) is 2. The van der Waals surface area contributed by atoms with E-state index in [2.05, 4.69) is 4.98 Å². The number of carbonyl (C=O) groups is 1. The number of halogens is 4. The van der Waals surface area contributed by atoms with E-state index in [1.807, 2.05) is 0 Å². The van der Waals surface area contributed by atoms with Crippen LogP contribution < -0.4 is 0 Å². The molecule has 1 heterocycles. The number of carbonyl (C=O) groups excluding carboxylic acids is 1. The molecule has 0 aliphatic heterocycles. The zero-order chi connectivity index (χ0) is 13.3. The van der Waals surface area contributed by atoms with Gasteiger partial charge in [-0.2, -0.15) is 0 Å². The maximum absolute atomic E-state index is 13.2. The molecule has 0 unspecified atom stereocenters. The van der Waals surface area contributed by atoms with E-state index in [9.17, 15) is 9.18 Å². The van der Waals surface area contributed by atoms with Crippen LogP contribution >= 0.6 is 34.8 Å². The average Bonchev–Trinajstić information content (AvgIpc) is 2.35. The molecule has 0 saturated heterocycles. The zero-order valence-corrected chi connectivity index (χ0v) is 11.0. The highest BCUT2D eigenvalue weighted by atomic mass is 35.5. The molecule has 0 spiro atoms.